The Morgan fingerprint density at radius 2 is 1.95 bits per heavy atom. The fraction of sp³-hybridized carbons (Fsp3) is 0.0714. The summed E-state index contributed by atoms with van der Waals surface area (Å²) in [7, 11) is 1.77. The number of nitrogens with two attached hydrogens (primary N) is 1. The minimum atomic E-state index is -0.437. The maximum absolute atomic E-state index is 11.1. The summed E-state index contributed by atoms with van der Waals surface area (Å²) in [5.74, 6) is 0.124. The summed E-state index contributed by atoms with van der Waals surface area (Å²) in [6, 6.07) is 12.8. The van der Waals surface area contributed by atoms with E-state index in [2.05, 4.69) is 15.4 Å². The standard InChI is InChI=1S/C14H13N5O/c1-16-14-17-12-4-2-3-11(19(12)18-14)9-5-7-10(8-6-9)13(15)20/h2-8H,1H3,(H2,15,20)(H,16,18). The number of hydrogen-bond acceptors (Lipinski definition) is 4. The van der Waals surface area contributed by atoms with Gasteiger partial charge >= 0.3 is 0 Å². The van der Waals surface area contributed by atoms with Crippen LogP contribution in [-0.4, -0.2) is 27.6 Å². The van der Waals surface area contributed by atoms with Gasteiger partial charge in [0.05, 0.1) is 5.69 Å². The lowest BCUT2D eigenvalue weighted by atomic mass is 10.1. The van der Waals surface area contributed by atoms with E-state index in [1.54, 1.807) is 23.7 Å². The average Bonchev–Trinajstić information content (AvgIpc) is 2.90. The molecule has 2 heterocycles. The summed E-state index contributed by atoms with van der Waals surface area (Å²) >= 11 is 0. The molecule has 6 heteroatoms. The first-order valence-electron chi connectivity index (χ1n) is 6.13. The maximum atomic E-state index is 11.1. The van der Waals surface area contributed by atoms with Crippen LogP contribution in [0.15, 0.2) is 42.5 Å². The summed E-state index contributed by atoms with van der Waals surface area (Å²) in [6.07, 6.45) is 0. The number of primary amides is 1. The van der Waals surface area contributed by atoms with E-state index in [0.717, 1.165) is 16.9 Å². The van der Waals surface area contributed by atoms with Gasteiger partial charge < -0.3 is 11.1 Å². The number of anilines is 1. The average molecular weight is 267 g/mol. The van der Waals surface area contributed by atoms with Gasteiger partial charge in [-0.3, -0.25) is 4.79 Å². The number of amides is 1. The number of hydrogen-bond donors (Lipinski definition) is 2. The highest BCUT2D eigenvalue weighted by atomic mass is 16.1. The molecule has 0 saturated carbocycles. The van der Waals surface area contributed by atoms with Gasteiger partial charge in [-0.05, 0) is 24.3 Å². The molecule has 100 valence electrons. The second kappa shape index (κ2) is 4.65. The van der Waals surface area contributed by atoms with Gasteiger partial charge in [0.15, 0.2) is 5.65 Å². The van der Waals surface area contributed by atoms with Crippen LogP contribution < -0.4 is 11.1 Å². The molecule has 1 amide bonds. The SMILES string of the molecule is CNc1nc2cccc(-c3ccc(C(N)=O)cc3)n2n1. The molecule has 0 aliphatic heterocycles. The van der Waals surface area contributed by atoms with Crippen LogP contribution in [0.2, 0.25) is 0 Å². The van der Waals surface area contributed by atoms with Crippen LogP contribution in [0, 0.1) is 0 Å². The first-order chi connectivity index (χ1) is 9.69. The Morgan fingerprint density at radius 1 is 1.20 bits per heavy atom. The van der Waals surface area contributed by atoms with Crippen molar-refractivity contribution in [2.45, 2.75) is 0 Å². The summed E-state index contributed by atoms with van der Waals surface area (Å²) in [5, 5.41) is 7.28. The van der Waals surface area contributed by atoms with Crippen molar-refractivity contribution >= 4 is 17.5 Å². The molecule has 20 heavy (non-hydrogen) atoms. The molecule has 1 aromatic carbocycles. The summed E-state index contributed by atoms with van der Waals surface area (Å²) in [6.45, 7) is 0. The predicted octanol–water partition coefficient (Wildman–Crippen LogP) is 1.54. The molecular formula is C14H13N5O. The van der Waals surface area contributed by atoms with Crippen molar-refractivity contribution in [2.24, 2.45) is 5.73 Å². The van der Waals surface area contributed by atoms with Gasteiger partial charge in [0.2, 0.25) is 11.9 Å². The minimum Gasteiger partial charge on any atom is -0.366 e. The topological polar surface area (TPSA) is 85.3 Å². The van der Waals surface area contributed by atoms with Crippen LogP contribution in [0.4, 0.5) is 5.95 Å². The predicted molar refractivity (Wildman–Crippen MR) is 76.5 cm³/mol. The van der Waals surface area contributed by atoms with Gasteiger partial charge in [-0.15, -0.1) is 5.10 Å². The monoisotopic (exact) mass is 267 g/mol. The highest BCUT2D eigenvalue weighted by Crippen LogP contribution is 2.21. The molecule has 0 aliphatic rings. The molecule has 0 atom stereocenters. The molecule has 6 nitrogen and oxygen atoms in total. The zero-order chi connectivity index (χ0) is 14.1. The lowest BCUT2D eigenvalue weighted by molar-refractivity contribution is 0.100. The first-order valence-corrected chi connectivity index (χ1v) is 6.13. The van der Waals surface area contributed by atoms with Crippen molar-refractivity contribution in [3.8, 4) is 11.3 Å². The van der Waals surface area contributed by atoms with E-state index in [1.807, 2.05) is 30.3 Å². The van der Waals surface area contributed by atoms with Gasteiger partial charge in [-0.25, -0.2) is 4.52 Å². The molecule has 0 radical (unpaired) electrons. The molecule has 3 aromatic rings. The number of fused-ring (bicyclic) bond motifs is 1. The molecule has 3 N–H and O–H groups in total. The van der Waals surface area contributed by atoms with Gasteiger partial charge in [-0.2, -0.15) is 4.98 Å². The third kappa shape index (κ3) is 1.97. The summed E-state index contributed by atoms with van der Waals surface area (Å²) < 4.78 is 1.76. The highest BCUT2D eigenvalue weighted by molar-refractivity contribution is 5.93. The van der Waals surface area contributed by atoms with E-state index in [0.29, 0.717) is 11.5 Å². The molecule has 0 fully saturated rings. The van der Waals surface area contributed by atoms with Gasteiger partial charge in [0.25, 0.3) is 0 Å². The second-order valence-corrected chi connectivity index (χ2v) is 4.31. The fourth-order valence-electron chi connectivity index (χ4n) is 2.03. The molecule has 2 aromatic heterocycles. The summed E-state index contributed by atoms with van der Waals surface area (Å²) in [5.41, 5.74) is 8.31. The van der Waals surface area contributed by atoms with Crippen molar-refractivity contribution in [2.75, 3.05) is 12.4 Å². The Kier molecular flexibility index (Phi) is 2.83. The van der Waals surface area contributed by atoms with E-state index in [1.165, 1.54) is 0 Å². The van der Waals surface area contributed by atoms with Crippen molar-refractivity contribution in [3.05, 3.63) is 48.0 Å². The van der Waals surface area contributed by atoms with Crippen LogP contribution in [0.25, 0.3) is 16.9 Å². The normalized spacial score (nSPS) is 10.7. The lowest BCUT2D eigenvalue weighted by Gasteiger charge is -2.04. The number of nitrogens with one attached hydrogen (secondary N) is 1. The largest absolute Gasteiger partial charge is 0.366 e. The number of carbonyl (C=O) groups excluding carboxylic acids is 1. The second-order valence-electron chi connectivity index (χ2n) is 4.31. The molecule has 0 unspecified atom stereocenters. The van der Waals surface area contributed by atoms with Gasteiger partial charge in [0, 0.05) is 18.2 Å². The van der Waals surface area contributed by atoms with Crippen LogP contribution in [0.5, 0.6) is 0 Å². The smallest absolute Gasteiger partial charge is 0.248 e. The van der Waals surface area contributed by atoms with Crippen molar-refractivity contribution < 1.29 is 4.79 Å². The Morgan fingerprint density at radius 3 is 2.60 bits per heavy atom. The minimum absolute atomic E-state index is 0.437. The van der Waals surface area contributed by atoms with Crippen LogP contribution in [0.1, 0.15) is 10.4 Å². The molecule has 0 saturated heterocycles. The van der Waals surface area contributed by atoms with E-state index < -0.39 is 5.91 Å². The Labute approximate surface area is 115 Å². The molecule has 0 bridgehead atoms. The van der Waals surface area contributed by atoms with Gasteiger partial charge in [0.1, 0.15) is 0 Å². The Hall–Kier alpha value is -2.89. The van der Waals surface area contributed by atoms with Crippen molar-refractivity contribution in [1.29, 1.82) is 0 Å². The maximum Gasteiger partial charge on any atom is 0.248 e. The van der Waals surface area contributed by atoms with Gasteiger partial charge in [-0.1, -0.05) is 18.2 Å². The lowest BCUT2D eigenvalue weighted by Crippen LogP contribution is -2.10. The van der Waals surface area contributed by atoms with Crippen LogP contribution in [0.3, 0.4) is 0 Å². The Bertz CT molecular complexity index is 776. The van der Waals surface area contributed by atoms with Crippen LogP contribution in [-0.2, 0) is 0 Å². The van der Waals surface area contributed by atoms with Crippen molar-refractivity contribution in [3.63, 3.8) is 0 Å². The quantitative estimate of drug-likeness (QED) is 0.753. The molecule has 0 aliphatic carbocycles. The number of pyridine rings is 1. The summed E-state index contributed by atoms with van der Waals surface area (Å²) in [4.78, 5) is 15.4. The number of carbonyl (C=O) groups is 1. The van der Waals surface area contributed by atoms with E-state index in [9.17, 15) is 4.79 Å². The van der Waals surface area contributed by atoms with E-state index >= 15 is 0 Å². The number of rotatable bonds is 3. The number of nitrogens with zero attached hydrogens (tertiary/aromatic N) is 3. The van der Waals surface area contributed by atoms with E-state index in [4.69, 9.17) is 5.73 Å². The third-order valence-corrected chi connectivity index (χ3v) is 3.05. The highest BCUT2D eigenvalue weighted by Gasteiger charge is 2.08. The number of benzene rings is 1. The fourth-order valence-corrected chi connectivity index (χ4v) is 2.03. The molecular weight excluding hydrogens is 254 g/mol. The van der Waals surface area contributed by atoms with Crippen molar-refractivity contribution in [1.82, 2.24) is 14.6 Å². The molecule has 0 spiro atoms. The first kappa shape index (κ1) is 12.2. The van der Waals surface area contributed by atoms with Crippen LogP contribution >= 0.6 is 0 Å². The number of aromatic nitrogens is 3. The molecule has 3 rings (SSSR count). The third-order valence-electron chi connectivity index (χ3n) is 3.05. The zero-order valence-electron chi connectivity index (χ0n) is 10.9. The van der Waals surface area contributed by atoms with E-state index in [-0.39, 0.29) is 0 Å². The zero-order valence-corrected chi connectivity index (χ0v) is 10.9. The Balaban J connectivity index is 2.13.